The maximum absolute atomic E-state index is 11.8. The van der Waals surface area contributed by atoms with E-state index in [9.17, 15) is 4.79 Å². The van der Waals surface area contributed by atoms with E-state index in [-0.39, 0.29) is 12.1 Å². The molecule has 0 aromatic carbocycles. The number of thiophene rings is 1. The normalized spacial score (nSPS) is 10.9. The van der Waals surface area contributed by atoms with Crippen LogP contribution in [0.3, 0.4) is 0 Å². The van der Waals surface area contributed by atoms with Gasteiger partial charge in [-0.25, -0.2) is 20.5 Å². The van der Waals surface area contributed by atoms with Gasteiger partial charge >= 0.3 is 0 Å². The highest BCUT2D eigenvalue weighted by molar-refractivity contribution is 7.16. The topological polar surface area (TPSA) is 98.7 Å². The zero-order chi connectivity index (χ0) is 14.1. The molecule has 7 nitrogen and oxygen atoms in total. The van der Waals surface area contributed by atoms with E-state index in [1.54, 1.807) is 6.20 Å². The average Bonchev–Trinajstić information content (AvgIpc) is 2.89. The third-order valence-corrected chi connectivity index (χ3v) is 3.61. The van der Waals surface area contributed by atoms with Crippen LogP contribution in [0.4, 0.5) is 5.82 Å². The van der Waals surface area contributed by atoms with Crippen LogP contribution in [0.25, 0.3) is 10.2 Å². The molecule has 0 saturated carbocycles. The lowest BCUT2D eigenvalue weighted by Gasteiger charge is -2.06. The minimum Gasteiger partial charge on any atom is -0.308 e. The van der Waals surface area contributed by atoms with Crippen molar-refractivity contribution in [1.82, 2.24) is 19.7 Å². The highest BCUT2D eigenvalue weighted by Crippen LogP contribution is 2.24. The smallest absolute Gasteiger partial charge is 0.267 e. The molecule has 0 unspecified atom stereocenters. The summed E-state index contributed by atoms with van der Waals surface area (Å²) in [5.74, 6) is 6.51. The van der Waals surface area contributed by atoms with Crippen molar-refractivity contribution in [3.63, 3.8) is 0 Å². The van der Waals surface area contributed by atoms with Gasteiger partial charge in [-0.15, -0.1) is 11.3 Å². The van der Waals surface area contributed by atoms with Crippen molar-refractivity contribution >= 4 is 27.4 Å². The van der Waals surface area contributed by atoms with Crippen LogP contribution in [-0.4, -0.2) is 19.7 Å². The van der Waals surface area contributed by atoms with E-state index in [1.165, 1.54) is 22.1 Å². The summed E-state index contributed by atoms with van der Waals surface area (Å²) in [7, 11) is 0. The molecule has 3 rings (SSSR count). The first-order chi connectivity index (χ1) is 9.67. The number of hydrogen-bond donors (Lipinski definition) is 2. The van der Waals surface area contributed by atoms with Gasteiger partial charge < -0.3 is 5.43 Å². The van der Waals surface area contributed by atoms with Crippen LogP contribution < -0.4 is 16.8 Å². The first-order valence-electron chi connectivity index (χ1n) is 5.92. The molecule has 0 saturated heterocycles. The van der Waals surface area contributed by atoms with Crippen LogP contribution in [-0.2, 0) is 6.54 Å². The molecule has 0 atom stereocenters. The molecule has 0 bridgehead atoms. The molecule has 3 aromatic rings. The number of aromatic nitrogens is 4. The van der Waals surface area contributed by atoms with Gasteiger partial charge in [0, 0.05) is 6.07 Å². The Morgan fingerprint density at radius 1 is 1.45 bits per heavy atom. The van der Waals surface area contributed by atoms with E-state index >= 15 is 0 Å². The molecular formula is C12H12N6OS. The van der Waals surface area contributed by atoms with Crippen LogP contribution in [0.1, 0.15) is 11.4 Å². The number of rotatable bonds is 3. The molecule has 3 aromatic heterocycles. The van der Waals surface area contributed by atoms with E-state index in [0.29, 0.717) is 11.6 Å². The minimum absolute atomic E-state index is 0.179. The fourth-order valence-corrected chi connectivity index (χ4v) is 2.64. The number of hydrogen-bond acceptors (Lipinski definition) is 7. The lowest BCUT2D eigenvalue weighted by atomic mass is 10.3. The largest absolute Gasteiger partial charge is 0.308 e. The summed E-state index contributed by atoms with van der Waals surface area (Å²) < 4.78 is 1.32. The van der Waals surface area contributed by atoms with E-state index in [4.69, 9.17) is 5.84 Å². The van der Waals surface area contributed by atoms with E-state index < -0.39 is 0 Å². The van der Waals surface area contributed by atoms with Gasteiger partial charge in [0.25, 0.3) is 5.56 Å². The molecule has 0 amide bonds. The van der Waals surface area contributed by atoms with Crippen molar-refractivity contribution in [2.75, 3.05) is 5.43 Å². The van der Waals surface area contributed by atoms with Crippen LogP contribution in [0.5, 0.6) is 0 Å². The molecule has 0 aliphatic heterocycles. The van der Waals surface area contributed by atoms with Crippen LogP contribution >= 0.6 is 11.3 Å². The Labute approximate surface area is 118 Å². The number of aryl methyl sites for hydroxylation is 1. The SMILES string of the molecule is Cc1cnn(Cc2nc(NN)c3ccsc3n2)c(=O)c1. The summed E-state index contributed by atoms with van der Waals surface area (Å²) in [4.78, 5) is 21.4. The van der Waals surface area contributed by atoms with Crippen molar-refractivity contribution in [1.29, 1.82) is 0 Å². The first kappa shape index (κ1) is 12.7. The molecular weight excluding hydrogens is 276 g/mol. The standard InChI is InChI=1S/C12H12N6OS/c1-7-4-10(19)18(14-5-7)6-9-15-11(17-13)8-2-3-20-12(8)16-9/h2-5H,6,13H2,1H3,(H,15,16,17). The van der Waals surface area contributed by atoms with Crippen molar-refractivity contribution in [2.24, 2.45) is 5.84 Å². The zero-order valence-electron chi connectivity index (χ0n) is 10.7. The van der Waals surface area contributed by atoms with Gasteiger partial charge in [0.2, 0.25) is 0 Å². The number of nitrogens with zero attached hydrogens (tertiary/aromatic N) is 4. The predicted molar refractivity (Wildman–Crippen MR) is 77.6 cm³/mol. The van der Waals surface area contributed by atoms with Crippen molar-refractivity contribution in [3.05, 3.63) is 45.5 Å². The Balaban J connectivity index is 2.04. The monoisotopic (exact) mass is 288 g/mol. The van der Waals surface area contributed by atoms with Gasteiger partial charge in [0.05, 0.1) is 11.6 Å². The Morgan fingerprint density at radius 3 is 3.05 bits per heavy atom. The van der Waals surface area contributed by atoms with Gasteiger partial charge in [0.15, 0.2) is 11.6 Å². The van der Waals surface area contributed by atoms with Crippen LogP contribution in [0, 0.1) is 6.92 Å². The molecule has 8 heteroatoms. The highest BCUT2D eigenvalue weighted by Gasteiger charge is 2.09. The number of fused-ring (bicyclic) bond motifs is 1. The molecule has 0 fully saturated rings. The second-order valence-corrected chi connectivity index (χ2v) is 5.20. The number of nitrogens with two attached hydrogens (primary N) is 1. The summed E-state index contributed by atoms with van der Waals surface area (Å²) >= 11 is 1.49. The van der Waals surface area contributed by atoms with Crippen LogP contribution in [0.2, 0.25) is 0 Å². The highest BCUT2D eigenvalue weighted by atomic mass is 32.1. The maximum Gasteiger partial charge on any atom is 0.267 e. The first-order valence-corrected chi connectivity index (χ1v) is 6.80. The van der Waals surface area contributed by atoms with Crippen molar-refractivity contribution < 1.29 is 0 Å². The Hall–Kier alpha value is -2.32. The lowest BCUT2D eigenvalue weighted by molar-refractivity contribution is 0.614. The molecule has 0 spiro atoms. The number of hydrazine groups is 1. The molecule has 3 heterocycles. The fourth-order valence-electron chi connectivity index (χ4n) is 1.86. The number of nitrogen functional groups attached to an aromatic ring is 1. The van der Waals surface area contributed by atoms with Crippen molar-refractivity contribution in [2.45, 2.75) is 13.5 Å². The van der Waals surface area contributed by atoms with E-state index in [1.807, 2.05) is 18.4 Å². The Kier molecular flexibility index (Phi) is 3.17. The van der Waals surface area contributed by atoms with E-state index in [2.05, 4.69) is 20.5 Å². The molecule has 3 N–H and O–H groups in total. The number of nitrogens with one attached hydrogen (secondary N) is 1. The number of anilines is 1. The second-order valence-electron chi connectivity index (χ2n) is 4.30. The third-order valence-electron chi connectivity index (χ3n) is 2.81. The lowest BCUT2D eigenvalue weighted by Crippen LogP contribution is -2.24. The van der Waals surface area contributed by atoms with Gasteiger partial charge in [-0.3, -0.25) is 4.79 Å². The fraction of sp³-hybridized carbons (Fsp3) is 0.167. The summed E-state index contributed by atoms with van der Waals surface area (Å²) in [5.41, 5.74) is 3.20. The predicted octanol–water partition coefficient (Wildman–Crippen LogP) is 0.890. The van der Waals surface area contributed by atoms with Crippen molar-refractivity contribution in [3.8, 4) is 0 Å². The van der Waals surface area contributed by atoms with Gasteiger partial charge in [-0.2, -0.15) is 5.10 Å². The van der Waals surface area contributed by atoms with Gasteiger partial charge in [-0.1, -0.05) is 0 Å². The summed E-state index contributed by atoms with van der Waals surface area (Å²) in [6.07, 6.45) is 1.63. The van der Waals surface area contributed by atoms with Crippen LogP contribution in [0.15, 0.2) is 28.5 Å². The molecule has 0 radical (unpaired) electrons. The zero-order valence-corrected chi connectivity index (χ0v) is 11.5. The summed E-state index contributed by atoms with van der Waals surface area (Å²) in [6, 6.07) is 3.42. The van der Waals surface area contributed by atoms with Gasteiger partial charge in [-0.05, 0) is 23.9 Å². The molecule has 20 heavy (non-hydrogen) atoms. The molecule has 0 aliphatic rings. The molecule has 102 valence electrons. The van der Waals surface area contributed by atoms with Gasteiger partial charge in [0.1, 0.15) is 11.4 Å². The minimum atomic E-state index is -0.179. The maximum atomic E-state index is 11.8. The summed E-state index contributed by atoms with van der Waals surface area (Å²) in [6.45, 7) is 2.03. The Morgan fingerprint density at radius 2 is 2.30 bits per heavy atom. The second kappa shape index (κ2) is 4.99. The summed E-state index contributed by atoms with van der Waals surface area (Å²) in [5, 5.41) is 6.86. The van der Waals surface area contributed by atoms with E-state index in [0.717, 1.165) is 15.8 Å². The Bertz CT molecular complexity index is 824. The quantitative estimate of drug-likeness (QED) is 0.548. The average molecular weight is 288 g/mol. The molecule has 0 aliphatic carbocycles. The third kappa shape index (κ3) is 2.26.